The maximum atomic E-state index is 13.1. The fourth-order valence-corrected chi connectivity index (χ4v) is 2.12. The molecule has 0 unspecified atom stereocenters. The number of nitrogens with one attached hydrogen (secondary N) is 1. The summed E-state index contributed by atoms with van der Waals surface area (Å²) in [5.41, 5.74) is 2.15. The molecule has 22 heavy (non-hydrogen) atoms. The van der Waals surface area contributed by atoms with E-state index in [1.807, 2.05) is 24.4 Å². The van der Waals surface area contributed by atoms with E-state index in [0.29, 0.717) is 5.56 Å². The highest BCUT2D eigenvalue weighted by Crippen LogP contribution is 2.09. The van der Waals surface area contributed by atoms with Crippen LogP contribution < -0.4 is 5.32 Å². The van der Waals surface area contributed by atoms with Crippen molar-refractivity contribution in [2.45, 2.75) is 6.54 Å². The molecule has 1 aromatic heterocycles. The Bertz CT molecular complexity index is 767. The zero-order chi connectivity index (χ0) is 15.4. The first-order chi connectivity index (χ1) is 10.7. The number of carbonyl (C=O) groups is 1. The maximum Gasteiger partial charge on any atom is 0.251 e. The van der Waals surface area contributed by atoms with Crippen molar-refractivity contribution in [2.75, 3.05) is 0 Å². The van der Waals surface area contributed by atoms with Crippen LogP contribution in [-0.4, -0.2) is 15.7 Å². The van der Waals surface area contributed by atoms with Crippen LogP contribution in [0.3, 0.4) is 0 Å². The van der Waals surface area contributed by atoms with E-state index in [9.17, 15) is 9.18 Å². The maximum absolute atomic E-state index is 13.1. The number of aromatic nitrogens is 2. The summed E-state index contributed by atoms with van der Waals surface area (Å²) < 4.78 is 14.8. The van der Waals surface area contributed by atoms with Crippen LogP contribution in [-0.2, 0) is 6.54 Å². The minimum atomic E-state index is -0.310. The van der Waals surface area contributed by atoms with Crippen molar-refractivity contribution >= 4 is 5.91 Å². The number of hydrogen-bond donors (Lipinski definition) is 1. The molecular formula is C17H14FN3O. The molecule has 0 atom stereocenters. The Morgan fingerprint density at radius 1 is 1.14 bits per heavy atom. The number of hydrogen-bond acceptors (Lipinski definition) is 2. The molecule has 0 bridgehead atoms. The number of halogens is 1. The van der Waals surface area contributed by atoms with Gasteiger partial charge >= 0.3 is 0 Å². The van der Waals surface area contributed by atoms with E-state index in [1.165, 1.54) is 12.1 Å². The molecule has 1 amide bonds. The molecule has 0 spiro atoms. The summed E-state index contributed by atoms with van der Waals surface area (Å²) >= 11 is 0. The Morgan fingerprint density at radius 2 is 1.95 bits per heavy atom. The summed E-state index contributed by atoms with van der Waals surface area (Å²) in [7, 11) is 0. The Labute approximate surface area is 127 Å². The minimum Gasteiger partial charge on any atom is -0.348 e. The third kappa shape index (κ3) is 3.20. The van der Waals surface area contributed by atoms with Crippen molar-refractivity contribution in [2.24, 2.45) is 0 Å². The van der Waals surface area contributed by atoms with Crippen LogP contribution in [0.2, 0.25) is 0 Å². The molecule has 0 aliphatic carbocycles. The van der Waals surface area contributed by atoms with E-state index in [1.54, 1.807) is 35.1 Å². The lowest BCUT2D eigenvalue weighted by atomic mass is 10.1. The summed E-state index contributed by atoms with van der Waals surface area (Å²) in [6.45, 7) is 0.289. The van der Waals surface area contributed by atoms with Gasteiger partial charge < -0.3 is 5.32 Å². The van der Waals surface area contributed by atoms with Gasteiger partial charge in [-0.15, -0.1) is 0 Å². The van der Waals surface area contributed by atoms with Crippen LogP contribution in [0.1, 0.15) is 15.9 Å². The van der Waals surface area contributed by atoms with Crippen molar-refractivity contribution < 1.29 is 9.18 Å². The summed E-state index contributed by atoms with van der Waals surface area (Å²) in [6, 6.07) is 15.1. The Morgan fingerprint density at radius 3 is 2.64 bits per heavy atom. The van der Waals surface area contributed by atoms with Crippen LogP contribution in [0.15, 0.2) is 67.0 Å². The fourth-order valence-electron chi connectivity index (χ4n) is 2.12. The molecule has 0 saturated heterocycles. The molecule has 3 aromatic rings. The third-order valence-electron chi connectivity index (χ3n) is 3.24. The average molecular weight is 295 g/mol. The smallest absolute Gasteiger partial charge is 0.251 e. The molecule has 3 rings (SSSR count). The fraction of sp³-hybridized carbons (Fsp3) is 0.0588. The largest absolute Gasteiger partial charge is 0.348 e. The molecule has 4 nitrogen and oxygen atoms in total. The molecule has 1 N–H and O–H groups in total. The van der Waals surface area contributed by atoms with Gasteiger partial charge in [0.1, 0.15) is 5.82 Å². The van der Waals surface area contributed by atoms with E-state index < -0.39 is 0 Å². The second-order valence-electron chi connectivity index (χ2n) is 4.81. The minimum absolute atomic E-state index is 0.198. The van der Waals surface area contributed by atoms with Crippen LogP contribution in [0.25, 0.3) is 5.69 Å². The normalized spacial score (nSPS) is 10.4. The van der Waals surface area contributed by atoms with E-state index in [-0.39, 0.29) is 18.3 Å². The molecule has 0 saturated carbocycles. The van der Waals surface area contributed by atoms with Gasteiger partial charge in [0.2, 0.25) is 0 Å². The zero-order valence-electron chi connectivity index (χ0n) is 11.7. The predicted octanol–water partition coefficient (Wildman–Crippen LogP) is 2.94. The third-order valence-corrected chi connectivity index (χ3v) is 3.24. The van der Waals surface area contributed by atoms with Gasteiger partial charge in [-0.1, -0.05) is 12.1 Å². The lowest BCUT2D eigenvalue weighted by Gasteiger charge is -2.07. The van der Waals surface area contributed by atoms with Crippen LogP contribution in [0.4, 0.5) is 4.39 Å². The standard InChI is InChI=1S/C17H14FN3O/c18-15-4-1-3-13(11-15)12-19-17(22)14-5-7-16(8-6-14)21-10-2-9-20-21/h1-11H,12H2,(H,19,22). The zero-order valence-corrected chi connectivity index (χ0v) is 11.7. The molecule has 0 radical (unpaired) electrons. The van der Waals surface area contributed by atoms with Gasteiger partial charge in [-0.25, -0.2) is 9.07 Å². The second kappa shape index (κ2) is 6.22. The number of benzene rings is 2. The SMILES string of the molecule is O=C(NCc1cccc(F)c1)c1ccc(-n2cccn2)cc1. The van der Waals surface area contributed by atoms with Crippen molar-refractivity contribution in [3.05, 3.63) is 83.9 Å². The van der Waals surface area contributed by atoms with Crippen molar-refractivity contribution in [1.29, 1.82) is 0 Å². The first kappa shape index (κ1) is 14.0. The molecule has 1 heterocycles. The Hall–Kier alpha value is -2.95. The molecule has 0 aliphatic rings. The van der Waals surface area contributed by atoms with Crippen molar-refractivity contribution in [3.63, 3.8) is 0 Å². The van der Waals surface area contributed by atoms with Gasteiger partial charge in [-0.2, -0.15) is 5.10 Å². The van der Waals surface area contributed by atoms with Gasteiger partial charge in [0.25, 0.3) is 5.91 Å². The van der Waals surface area contributed by atoms with Crippen LogP contribution >= 0.6 is 0 Å². The Balaban J connectivity index is 1.65. The number of carbonyl (C=O) groups excluding carboxylic acids is 1. The average Bonchev–Trinajstić information content (AvgIpc) is 3.07. The van der Waals surface area contributed by atoms with Crippen molar-refractivity contribution in [3.8, 4) is 5.69 Å². The van der Waals surface area contributed by atoms with E-state index >= 15 is 0 Å². The monoisotopic (exact) mass is 295 g/mol. The van der Waals surface area contributed by atoms with Crippen LogP contribution in [0.5, 0.6) is 0 Å². The summed E-state index contributed by atoms with van der Waals surface area (Å²) in [4.78, 5) is 12.1. The highest BCUT2D eigenvalue weighted by molar-refractivity contribution is 5.94. The van der Waals surface area contributed by atoms with Gasteiger partial charge in [-0.3, -0.25) is 4.79 Å². The first-order valence-corrected chi connectivity index (χ1v) is 6.85. The quantitative estimate of drug-likeness (QED) is 0.804. The lowest BCUT2D eigenvalue weighted by molar-refractivity contribution is 0.0951. The van der Waals surface area contributed by atoms with Gasteiger partial charge in [-0.05, 0) is 48.0 Å². The van der Waals surface area contributed by atoms with Gasteiger partial charge in [0.05, 0.1) is 5.69 Å². The number of nitrogens with zero attached hydrogens (tertiary/aromatic N) is 2. The van der Waals surface area contributed by atoms with E-state index in [0.717, 1.165) is 11.3 Å². The van der Waals surface area contributed by atoms with E-state index in [4.69, 9.17) is 0 Å². The summed E-state index contributed by atoms with van der Waals surface area (Å²) in [6.07, 6.45) is 3.53. The molecule has 5 heteroatoms. The van der Waals surface area contributed by atoms with E-state index in [2.05, 4.69) is 10.4 Å². The van der Waals surface area contributed by atoms with Gasteiger partial charge in [0, 0.05) is 24.5 Å². The Kier molecular flexibility index (Phi) is 3.96. The topological polar surface area (TPSA) is 46.9 Å². The first-order valence-electron chi connectivity index (χ1n) is 6.85. The highest BCUT2D eigenvalue weighted by atomic mass is 19.1. The summed E-state index contributed by atoms with van der Waals surface area (Å²) in [5.74, 6) is -0.508. The van der Waals surface area contributed by atoms with Crippen molar-refractivity contribution in [1.82, 2.24) is 15.1 Å². The highest BCUT2D eigenvalue weighted by Gasteiger charge is 2.06. The molecule has 110 valence electrons. The second-order valence-corrected chi connectivity index (χ2v) is 4.81. The molecule has 0 fully saturated rings. The van der Waals surface area contributed by atoms with Gasteiger partial charge in [0.15, 0.2) is 0 Å². The predicted molar refractivity (Wildman–Crippen MR) is 81.1 cm³/mol. The molecule has 0 aliphatic heterocycles. The molecular weight excluding hydrogens is 281 g/mol. The number of amides is 1. The number of rotatable bonds is 4. The van der Waals surface area contributed by atoms with Crippen LogP contribution in [0, 0.1) is 5.82 Å². The summed E-state index contributed by atoms with van der Waals surface area (Å²) in [5, 5.41) is 6.89. The molecule has 2 aromatic carbocycles. The lowest BCUT2D eigenvalue weighted by Crippen LogP contribution is -2.22.